The molecule has 0 saturated heterocycles. The van der Waals surface area contributed by atoms with Crippen molar-refractivity contribution in [3.05, 3.63) is 0 Å². The van der Waals surface area contributed by atoms with Crippen LogP contribution < -0.4 is 0 Å². The van der Waals surface area contributed by atoms with Crippen LogP contribution >= 0.6 is 7.82 Å². The van der Waals surface area contributed by atoms with E-state index in [4.69, 9.17) is 24.4 Å². The predicted molar refractivity (Wildman–Crippen MR) is 134 cm³/mol. The largest absolute Gasteiger partial charge is 0.472 e. The SMILES string of the molecule is CC(C)CCCCCCOP(=O)(O)OCCCCCCC(C)C.CC(O)N(C(C)O)C(C)O. The van der Waals surface area contributed by atoms with E-state index in [0.717, 1.165) is 50.4 Å². The lowest BCUT2D eigenvalue weighted by atomic mass is 10.0. The van der Waals surface area contributed by atoms with Gasteiger partial charge in [-0.05, 0) is 45.4 Å². The van der Waals surface area contributed by atoms with Gasteiger partial charge in [0.25, 0.3) is 0 Å². The maximum atomic E-state index is 11.7. The van der Waals surface area contributed by atoms with Gasteiger partial charge in [0.1, 0.15) is 18.7 Å². The first-order valence-electron chi connectivity index (χ1n) is 12.7. The van der Waals surface area contributed by atoms with E-state index in [-0.39, 0.29) is 0 Å². The van der Waals surface area contributed by atoms with Gasteiger partial charge in [0.15, 0.2) is 0 Å². The molecule has 3 unspecified atom stereocenters. The van der Waals surface area contributed by atoms with Gasteiger partial charge < -0.3 is 20.2 Å². The van der Waals surface area contributed by atoms with Gasteiger partial charge >= 0.3 is 7.82 Å². The summed E-state index contributed by atoms with van der Waals surface area (Å²) in [4.78, 5) is 10.7. The van der Waals surface area contributed by atoms with Crippen molar-refractivity contribution in [3.8, 4) is 0 Å². The zero-order valence-corrected chi connectivity index (χ0v) is 23.2. The Hall–Kier alpha value is -0.0500. The van der Waals surface area contributed by atoms with Crippen molar-refractivity contribution >= 4 is 7.82 Å². The van der Waals surface area contributed by atoms with Crippen molar-refractivity contribution in [2.75, 3.05) is 13.2 Å². The van der Waals surface area contributed by atoms with Crippen molar-refractivity contribution in [1.82, 2.24) is 4.90 Å². The summed E-state index contributed by atoms with van der Waals surface area (Å²) >= 11 is 0. The highest BCUT2D eigenvalue weighted by atomic mass is 31.2. The average Bonchev–Trinajstić information content (AvgIpc) is 2.65. The second kappa shape index (κ2) is 21.3. The number of nitrogens with zero attached hydrogens (tertiary/aromatic N) is 1. The lowest BCUT2D eigenvalue weighted by Gasteiger charge is -2.30. The zero-order chi connectivity index (χ0) is 25.9. The average molecular weight is 500 g/mol. The molecular weight excluding hydrogens is 445 g/mol. The number of aliphatic hydroxyl groups is 3. The Labute approximate surface area is 203 Å². The number of rotatable bonds is 19. The highest BCUT2D eigenvalue weighted by Crippen LogP contribution is 2.43. The van der Waals surface area contributed by atoms with Gasteiger partial charge in [-0.1, -0.05) is 79.1 Å². The molecule has 33 heavy (non-hydrogen) atoms. The molecule has 0 fully saturated rings. The summed E-state index contributed by atoms with van der Waals surface area (Å²) in [5.41, 5.74) is 0. The van der Waals surface area contributed by atoms with E-state index in [2.05, 4.69) is 27.7 Å². The van der Waals surface area contributed by atoms with Gasteiger partial charge in [-0.2, -0.15) is 0 Å². The molecule has 0 heterocycles. The van der Waals surface area contributed by atoms with Crippen LogP contribution in [0.5, 0.6) is 0 Å². The first kappa shape index (κ1) is 35.1. The maximum Gasteiger partial charge on any atom is 0.472 e. The summed E-state index contributed by atoms with van der Waals surface area (Å²) in [6.07, 6.45) is 8.50. The van der Waals surface area contributed by atoms with E-state index >= 15 is 0 Å². The molecule has 8 nitrogen and oxygen atoms in total. The first-order valence-corrected chi connectivity index (χ1v) is 14.2. The van der Waals surface area contributed by atoms with Gasteiger partial charge in [0.05, 0.1) is 13.2 Å². The summed E-state index contributed by atoms with van der Waals surface area (Å²) in [5, 5.41) is 26.9. The fraction of sp³-hybridized carbons (Fsp3) is 1.00. The van der Waals surface area contributed by atoms with E-state index in [1.807, 2.05) is 0 Å². The monoisotopic (exact) mass is 499 g/mol. The molecule has 0 aromatic carbocycles. The van der Waals surface area contributed by atoms with E-state index in [0.29, 0.717) is 13.2 Å². The van der Waals surface area contributed by atoms with Crippen LogP contribution in [-0.4, -0.2) is 57.0 Å². The fourth-order valence-corrected chi connectivity index (χ4v) is 4.14. The molecule has 0 bridgehead atoms. The van der Waals surface area contributed by atoms with E-state index < -0.39 is 26.5 Å². The number of unbranched alkanes of at least 4 members (excludes halogenated alkanes) is 6. The van der Waals surface area contributed by atoms with E-state index in [1.54, 1.807) is 0 Å². The smallest absolute Gasteiger partial charge is 0.379 e. The predicted octanol–water partition coefficient (Wildman–Crippen LogP) is 5.64. The van der Waals surface area contributed by atoms with Crippen LogP contribution in [0.15, 0.2) is 0 Å². The normalized spacial score (nSPS) is 15.0. The third kappa shape index (κ3) is 24.9. The van der Waals surface area contributed by atoms with Gasteiger partial charge in [0.2, 0.25) is 0 Å². The summed E-state index contributed by atoms with van der Waals surface area (Å²) in [6.45, 7) is 14.0. The van der Waals surface area contributed by atoms with Gasteiger partial charge in [-0.25, -0.2) is 9.46 Å². The Kier molecular flexibility index (Phi) is 22.6. The quantitative estimate of drug-likeness (QED) is 0.102. The minimum Gasteiger partial charge on any atom is -0.379 e. The molecule has 0 radical (unpaired) electrons. The number of aliphatic hydroxyl groups excluding tert-OH is 3. The Morgan fingerprint density at radius 3 is 1.15 bits per heavy atom. The third-order valence-electron chi connectivity index (χ3n) is 5.15. The zero-order valence-electron chi connectivity index (χ0n) is 22.3. The van der Waals surface area contributed by atoms with Crippen molar-refractivity contribution < 1.29 is 33.8 Å². The molecule has 0 spiro atoms. The Balaban J connectivity index is 0. The number of hydrogen-bond donors (Lipinski definition) is 4. The van der Waals surface area contributed by atoms with E-state index in [9.17, 15) is 9.46 Å². The molecule has 0 aliphatic rings. The minimum atomic E-state index is -3.84. The molecule has 3 atom stereocenters. The molecule has 4 N–H and O–H groups in total. The topological polar surface area (TPSA) is 120 Å². The second-order valence-electron chi connectivity index (χ2n) is 9.67. The Bertz CT molecular complexity index is 429. The second-order valence-corrected chi connectivity index (χ2v) is 11.1. The van der Waals surface area contributed by atoms with Crippen LogP contribution in [-0.2, 0) is 13.6 Å². The van der Waals surface area contributed by atoms with Crippen molar-refractivity contribution in [1.29, 1.82) is 0 Å². The number of hydrogen-bond acceptors (Lipinski definition) is 7. The number of phosphoric ester groups is 1. The summed E-state index contributed by atoms with van der Waals surface area (Å²) in [6, 6.07) is 0. The van der Waals surface area contributed by atoms with E-state index in [1.165, 1.54) is 51.4 Å². The van der Waals surface area contributed by atoms with Crippen LogP contribution in [0, 0.1) is 11.8 Å². The third-order valence-corrected chi connectivity index (χ3v) is 6.17. The van der Waals surface area contributed by atoms with Gasteiger partial charge in [-0.3, -0.25) is 9.05 Å². The lowest BCUT2D eigenvalue weighted by molar-refractivity contribution is -0.159. The highest BCUT2D eigenvalue weighted by Gasteiger charge is 2.20. The number of phosphoric acid groups is 1. The molecule has 0 aliphatic heterocycles. The van der Waals surface area contributed by atoms with Crippen LogP contribution in [0.25, 0.3) is 0 Å². The molecule has 0 aliphatic carbocycles. The lowest BCUT2D eigenvalue weighted by Crippen LogP contribution is -2.45. The van der Waals surface area contributed by atoms with Gasteiger partial charge in [0, 0.05) is 0 Å². The highest BCUT2D eigenvalue weighted by molar-refractivity contribution is 7.47. The van der Waals surface area contributed by atoms with Crippen molar-refractivity contribution in [3.63, 3.8) is 0 Å². The Morgan fingerprint density at radius 1 is 0.606 bits per heavy atom. The molecule has 202 valence electrons. The summed E-state index contributed by atoms with van der Waals surface area (Å²) in [7, 11) is -3.84. The summed E-state index contributed by atoms with van der Waals surface area (Å²) in [5.74, 6) is 1.50. The van der Waals surface area contributed by atoms with Crippen molar-refractivity contribution in [2.24, 2.45) is 11.8 Å². The standard InChI is InChI=1S/C18H39O4P.C6H15NO3/c1-17(2)13-9-5-7-11-15-21-23(19,20)22-16-12-8-6-10-14-18(3)4;1-4(8)7(5(2)9)6(3)10/h17-18H,5-16H2,1-4H3,(H,19,20);4-6,8-10H,1-3H3. The van der Waals surface area contributed by atoms with Crippen LogP contribution in [0.2, 0.25) is 0 Å². The molecular formula is C24H54NO7P. The fourth-order valence-electron chi connectivity index (χ4n) is 3.35. The minimum absolute atomic E-state index is 0.309. The van der Waals surface area contributed by atoms with Crippen molar-refractivity contribution in [2.45, 2.75) is 131 Å². The Morgan fingerprint density at radius 2 is 0.909 bits per heavy atom. The molecule has 9 heteroatoms. The van der Waals surface area contributed by atoms with Crippen LogP contribution in [0.4, 0.5) is 0 Å². The van der Waals surface area contributed by atoms with Crippen LogP contribution in [0.3, 0.4) is 0 Å². The molecule has 0 amide bonds. The van der Waals surface area contributed by atoms with Crippen LogP contribution in [0.1, 0.15) is 113 Å². The molecule has 0 saturated carbocycles. The summed E-state index contributed by atoms with van der Waals surface area (Å²) < 4.78 is 21.7. The first-order chi connectivity index (χ1) is 15.3. The molecule has 0 aromatic rings. The molecule has 0 aromatic heterocycles. The van der Waals surface area contributed by atoms with Gasteiger partial charge in [-0.15, -0.1) is 0 Å². The molecule has 0 rings (SSSR count). The maximum absolute atomic E-state index is 11.7.